The van der Waals surface area contributed by atoms with Gasteiger partial charge in [0, 0.05) is 37.1 Å². The molecule has 4 rings (SSSR count). The molecule has 1 aliphatic heterocycles. The molecule has 27 heavy (non-hydrogen) atoms. The van der Waals surface area contributed by atoms with E-state index in [1.54, 1.807) is 10.9 Å². The Morgan fingerprint density at radius 3 is 2.96 bits per heavy atom. The van der Waals surface area contributed by atoms with Gasteiger partial charge in [0.05, 0.1) is 18.7 Å². The summed E-state index contributed by atoms with van der Waals surface area (Å²) in [7, 11) is 1.87. The van der Waals surface area contributed by atoms with Gasteiger partial charge in [0.1, 0.15) is 5.69 Å². The monoisotopic (exact) mass is 365 g/mol. The average Bonchev–Trinajstić information content (AvgIpc) is 3.32. The van der Waals surface area contributed by atoms with E-state index in [0.717, 1.165) is 48.6 Å². The van der Waals surface area contributed by atoms with Crippen molar-refractivity contribution in [1.82, 2.24) is 19.8 Å². The number of aromatic nitrogens is 3. The van der Waals surface area contributed by atoms with Crippen molar-refractivity contribution in [2.24, 2.45) is 13.0 Å². The smallest absolute Gasteiger partial charge is 0.228 e. The number of carbonyl (C=O) groups is 1. The van der Waals surface area contributed by atoms with Crippen LogP contribution in [0.2, 0.25) is 0 Å². The quantitative estimate of drug-likeness (QED) is 0.752. The molecule has 0 spiro atoms. The zero-order chi connectivity index (χ0) is 18.6. The molecule has 2 aromatic heterocycles. The molecule has 0 saturated carbocycles. The maximum absolute atomic E-state index is 12.6. The molecule has 3 aromatic rings. The van der Waals surface area contributed by atoms with Gasteiger partial charge in [-0.15, -0.1) is 0 Å². The van der Waals surface area contributed by atoms with Crippen LogP contribution in [0.1, 0.15) is 18.6 Å². The molecule has 140 valence electrons. The summed E-state index contributed by atoms with van der Waals surface area (Å²) in [6.07, 6.45) is 5.59. The van der Waals surface area contributed by atoms with E-state index >= 15 is 0 Å². The molecule has 1 N–H and O–H groups in total. The molecule has 1 fully saturated rings. The van der Waals surface area contributed by atoms with E-state index in [0.29, 0.717) is 6.54 Å². The maximum atomic E-state index is 12.6. The molecule has 7 heteroatoms. The minimum atomic E-state index is -0.0142. The second-order valence-electron chi connectivity index (χ2n) is 7.01. The predicted octanol–water partition coefficient (Wildman–Crippen LogP) is 2.93. The van der Waals surface area contributed by atoms with E-state index in [1.807, 2.05) is 49.6 Å². The second-order valence-corrected chi connectivity index (χ2v) is 7.01. The third-order valence-corrected chi connectivity index (χ3v) is 4.86. The molecule has 1 amide bonds. The molecule has 0 aliphatic carbocycles. The van der Waals surface area contributed by atoms with Crippen molar-refractivity contribution in [3.8, 4) is 11.3 Å². The molecule has 1 saturated heterocycles. The third-order valence-electron chi connectivity index (χ3n) is 4.86. The van der Waals surface area contributed by atoms with E-state index in [1.165, 1.54) is 0 Å². The number of benzene rings is 1. The first-order valence-corrected chi connectivity index (χ1v) is 9.20. The van der Waals surface area contributed by atoms with Crippen LogP contribution in [0, 0.1) is 5.92 Å². The van der Waals surface area contributed by atoms with Gasteiger partial charge in [0.25, 0.3) is 0 Å². The van der Waals surface area contributed by atoms with E-state index < -0.39 is 0 Å². The summed E-state index contributed by atoms with van der Waals surface area (Å²) in [6, 6.07) is 11.6. The molecule has 7 nitrogen and oxygen atoms in total. The van der Waals surface area contributed by atoms with Crippen LogP contribution in [-0.2, 0) is 18.4 Å². The first-order chi connectivity index (χ1) is 13.2. The van der Waals surface area contributed by atoms with E-state index in [9.17, 15) is 4.79 Å². The SMILES string of the molecule is Cn1cc(-c2cc(CN3CCCC(C(=O)Nc4ccccc4)C3)on2)cn1. The summed E-state index contributed by atoms with van der Waals surface area (Å²) in [5, 5.41) is 11.3. The average molecular weight is 365 g/mol. The van der Waals surface area contributed by atoms with Crippen LogP contribution < -0.4 is 5.32 Å². The Hall–Kier alpha value is -2.93. The number of likely N-dealkylation sites (tertiary alicyclic amines) is 1. The normalized spacial score (nSPS) is 17.7. The van der Waals surface area contributed by atoms with Crippen LogP contribution in [0.15, 0.2) is 53.3 Å². The van der Waals surface area contributed by atoms with Crippen LogP contribution in [0.5, 0.6) is 0 Å². The van der Waals surface area contributed by atoms with Crippen molar-refractivity contribution in [3.05, 3.63) is 54.6 Å². The van der Waals surface area contributed by atoms with Gasteiger partial charge in [-0.2, -0.15) is 5.10 Å². The Bertz CT molecular complexity index is 902. The van der Waals surface area contributed by atoms with E-state index in [-0.39, 0.29) is 11.8 Å². The van der Waals surface area contributed by atoms with Crippen LogP contribution in [0.3, 0.4) is 0 Å². The van der Waals surface area contributed by atoms with Crippen molar-refractivity contribution >= 4 is 11.6 Å². The highest BCUT2D eigenvalue weighted by Gasteiger charge is 2.26. The zero-order valence-corrected chi connectivity index (χ0v) is 15.3. The summed E-state index contributed by atoms with van der Waals surface area (Å²) >= 11 is 0. The number of piperidine rings is 1. The van der Waals surface area contributed by atoms with Crippen LogP contribution in [0.25, 0.3) is 11.3 Å². The van der Waals surface area contributed by atoms with Crippen LogP contribution in [-0.4, -0.2) is 38.8 Å². The molecule has 0 bridgehead atoms. The van der Waals surface area contributed by atoms with Crippen LogP contribution >= 0.6 is 0 Å². The van der Waals surface area contributed by atoms with Crippen molar-refractivity contribution in [1.29, 1.82) is 0 Å². The van der Waals surface area contributed by atoms with Gasteiger partial charge in [-0.25, -0.2) is 0 Å². The minimum Gasteiger partial charge on any atom is -0.359 e. The van der Waals surface area contributed by atoms with Crippen molar-refractivity contribution in [3.63, 3.8) is 0 Å². The molecule has 0 radical (unpaired) electrons. The molecule has 1 unspecified atom stereocenters. The number of amides is 1. The Morgan fingerprint density at radius 2 is 2.19 bits per heavy atom. The first-order valence-electron chi connectivity index (χ1n) is 9.20. The zero-order valence-electron chi connectivity index (χ0n) is 15.3. The largest absolute Gasteiger partial charge is 0.359 e. The first kappa shape index (κ1) is 17.5. The number of hydrogen-bond acceptors (Lipinski definition) is 5. The van der Waals surface area contributed by atoms with Gasteiger partial charge < -0.3 is 9.84 Å². The highest BCUT2D eigenvalue weighted by atomic mass is 16.5. The number of nitrogens with zero attached hydrogens (tertiary/aromatic N) is 4. The Morgan fingerprint density at radius 1 is 1.33 bits per heavy atom. The lowest BCUT2D eigenvalue weighted by Crippen LogP contribution is -2.40. The van der Waals surface area contributed by atoms with Crippen molar-refractivity contribution in [2.75, 3.05) is 18.4 Å². The predicted molar refractivity (Wildman–Crippen MR) is 102 cm³/mol. The van der Waals surface area contributed by atoms with Gasteiger partial charge in [0.15, 0.2) is 5.76 Å². The Kier molecular flexibility index (Phi) is 5.02. The fourth-order valence-corrected chi connectivity index (χ4v) is 3.48. The van der Waals surface area contributed by atoms with Gasteiger partial charge in [-0.1, -0.05) is 23.4 Å². The van der Waals surface area contributed by atoms with Gasteiger partial charge in [0.2, 0.25) is 5.91 Å². The van der Waals surface area contributed by atoms with E-state index in [4.69, 9.17) is 4.52 Å². The number of aryl methyl sites for hydroxylation is 1. The molecule has 3 heterocycles. The molecular weight excluding hydrogens is 342 g/mol. The lowest BCUT2D eigenvalue weighted by atomic mass is 9.97. The number of para-hydroxylation sites is 1. The molecular formula is C20H23N5O2. The van der Waals surface area contributed by atoms with E-state index in [2.05, 4.69) is 20.5 Å². The second kappa shape index (κ2) is 7.75. The number of hydrogen-bond donors (Lipinski definition) is 1. The summed E-state index contributed by atoms with van der Waals surface area (Å²) in [5.41, 5.74) is 2.57. The van der Waals surface area contributed by atoms with Gasteiger partial charge in [-0.05, 0) is 31.5 Å². The highest BCUT2D eigenvalue weighted by molar-refractivity contribution is 5.92. The lowest BCUT2D eigenvalue weighted by molar-refractivity contribution is -0.121. The molecule has 1 atom stereocenters. The summed E-state index contributed by atoms with van der Waals surface area (Å²) in [5.74, 6) is 0.872. The summed E-state index contributed by atoms with van der Waals surface area (Å²) in [6.45, 7) is 2.34. The maximum Gasteiger partial charge on any atom is 0.228 e. The van der Waals surface area contributed by atoms with Crippen molar-refractivity contribution in [2.45, 2.75) is 19.4 Å². The van der Waals surface area contributed by atoms with Crippen molar-refractivity contribution < 1.29 is 9.32 Å². The number of carbonyl (C=O) groups excluding carboxylic acids is 1. The number of rotatable bonds is 5. The fourth-order valence-electron chi connectivity index (χ4n) is 3.48. The van der Waals surface area contributed by atoms with Crippen LogP contribution in [0.4, 0.5) is 5.69 Å². The third kappa shape index (κ3) is 4.25. The number of nitrogens with one attached hydrogen (secondary N) is 1. The minimum absolute atomic E-state index is 0.0142. The Balaban J connectivity index is 1.36. The van der Waals surface area contributed by atoms with Gasteiger partial charge in [-0.3, -0.25) is 14.4 Å². The summed E-state index contributed by atoms with van der Waals surface area (Å²) < 4.78 is 7.23. The number of anilines is 1. The summed E-state index contributed by atoms with van der Waals surface area (Å²) in [4.78, 5) is 14.8. The van der Waals surface area contributed by atoms with Gasteiger partial charge >= 0.3 is 0 Å². The fraction of sp³-hybridized carbons (Fsp3) is 0.350. The topological polar surface area (TPSA) is 76.2 Å². The highest BCUT2D eigenvalue weighted by Crippen LogP contribution is 2.23. The molecule has 1 aromatic carbocycles. The Labute approximate surface area is 158 Å². The lowest BCUT2D eigenvalue weighted by Gasteiger charge is -2.31. The standard InChI is InChI=1S/C20H23N5O2/c1-24-12-16(11-21-24)19-10-18(27-23-19)14-25-9-5-6-15(13-25)20(26)22-17-7-3-2-4-8-17/h2-4,7-8,10-12,15H,5-6,9,13-14H2,1H3,(H,22,26). The molecule has 1 aliphatic rings.